The van der Waals surface area contributed by atoms with Crippen LogP contribution >= 0.6 is 0 Å². The van der Waals surface area contributed by atoms with E-state index in [-0.39, 0.29) is 11.5 Å². The van der Waals surface area contributed by atoms with E-state index in [0.717, 1.165) is 5.82 Å². The van der Waals surface area contributed by atoms with Gasteiger partial charge in [0, 0.05) is 20.1 Å². The second kappa shape index (κ2) is 4.25. The molecule has 1 N–H and O–H groups in total. The summed E-state index contributed by atoms with van der Waals surface area (Å²) in [5.74, 6) is 1.80. The van der Waals surface area contributed by atoms with Crippen LogP contribution in [0.5, 0.6) is 0 Å². The molecule has 0 aromatic carbocycles. The fourth-order valence-corrected chi connectivity index (χ4v) is 2.77. The van der Waals surface area contributed by atoms with Crippen molar-refractivity contribution >= 4 is 21.5 Å². The Labute approximate surface area is 94.6 Å². The van der Waals surface area contributed by atoms with Crippen LogP contribution in [0.2, 0.25) is 0 Å². The number of nitrogens with one attached hydrogen (secondary N) is 1. The molecule has 0 unspecified atom stereocenters. The van der Waals surface area contributed by atoms with Crippen molar-refractivity contribution in [3.8, 4) is 0 Å². The van der Waals surface area contributed by atoms with Gasteiger partial charge >= 0.3 is 0 Å². The Morgan fingerprint density at radius 1 is 1.31 bits per heavy atom. The predicted octanol–water partition coefficient (Wildman–Crippen LogP) is -0.247. The molecule has 16 heavy (non-hydrogen) atoms. The van der Waals surface area contributed by atoms with Gasteiger partial charge in [-0.25, -0.2) is 13.4 Å². The Morgan fingerprint density at radius 2 is 2.00 bits per heavy atom. The summed E-state index contributed by atoms with van der Waals surface area (Å²) in [5, 5.41) is 2.90. The van der Waals surface area contributed by atoms with Crippen molar-refractivity contribution in [2.45, 2.75) is 0 Å². The maximum Gasteiger partial charge on any atom is 0.153 e. The van der Waals surface area contributed by atoms with E-state index in [0.29, 0.717) is 18.9 Å². The second-order valence-electron chi connectivity index (χ2n) is 3.65. The SMILES string of the molecule is CNc1cncc(N2CCS(=O)(=O)CC2)n1. The van der Waals surface area contributed by atoms with Gasteiger partial charge in [-0.1, -0.05) is 0 Å². The van der Waals surface area contributed by atoms with Crippen LogP contribution in [0.1, 0.15) is 0 Å². The molecule has 1 saturated heterocycles. The van der Waals surface area contributed by atoms with Crippen LogP contribution in [0.3, 0.4) is 0 Å². The summed E-state index contributed by atoms with van der Waals surface area (Å²) >= 11 is 0. The van der Waals surface area contributed by atoms with E-state index >= 15 is 0 Å². The number of aromatic nitrogens is 2. The Bertz CT molecular complexity index is 460. The highest BCUT2D eigenvalue weighted by Gasteiger charge is 2.22. The van der Waals surface area contributed by atoms with Gasteiger partial charge in [0.1, 0.15) is 11.6 Å². The van der Waals surface area contributed by atoms with Crippen molar-refractivity contribution in [3.63, 3.8) is 0 Å². The van der Waals surface area contributed by atoms with Crippen LogP contribution in [0.15, 0.2) is 12.4 Å². The van der Waals surface area contributed by atoms with Gasteiger partial charge in [-0.15, -0.1) is 0 Å². The van der Waals surface area contributed by atoms with Crippen LogP contribution in [0.25, 0.3) is 0 Å². The van der Waals surface area contributed by atoms with Gasteiger partial charge in [0.05, 0.1) is 23.9 Å². The van der Waals surface area contributed by atoms with Crippen molar-refractivity contribution in [1.29, 1.82) is 0 Å². The fraction of sp³-hybridized carbons (Fsp3) is 0.556. The number of hydrogen-bond donors (Lipinski definition) is 1. The molecule has 7 heteroatoms. The maximum absolute atomic E-state index is 11.3. The first-order valence-corrected chi connectivity index (χ1v) is 6.88. The molecule has 2 heterocycles. The quantitative estimate of drug-likeness (QED) is 0.771. The van der Waals surface area contributed by atoms with E-state index in [1.165, 1.54) is 0 Å². The van der Waals surface area contributed by atoms with E-state index in [1.807, 2.05) is 4.90 Å². The highest BCUT2D eigenvalue weighted by molar-refractivity contribution is 7.91. The molecule has 0 saturated carbocycles. The normalized spacial score (nSPS) is 19.4. The van der Waals surface area contributed by atoms with E-state index in [9.17, 15) is 8.42 Å². The molecular formula is C9H14N4O2S. The van der Waals surface area contributed by atoms with Gasteiger partial charge in [-0.2, -0.15) is 0 Å². The van der Waals surface area contributed by atoms with Crippen LogP contribution in [-0.2, 0) is 9.84 Å². The minimum atomic E-state index is -2.84. The first-order valence-electron chi connectivity index (χ1n) is 5.06. The summed E-state index contributed by atoms with van der Waals surface area (Å²) in [6, 6.07) is 0. The maximum atomic E-state index is 11.3. The van der Waals surface area contributed by atoms with Crippen molar-refractivity contribution < 1.29 is 8.42 Å². The topological polar surface area (TPSA) is 75.2 Å². The Kier molecular flexibility index (Phi) is 2.95. The standard InChI is InChI=1S/C9H14N4O2S/c1-10-8-6-11-7-9(12-8)13-2-4-16(14,15)5-3-13/h6-7H,2-5H2,1H3,(H,10,12). The first-order chi connectivity index (χ1) is 7.61. The average Bonchev–Trinajstić information content (AvgIpc) is 2.29. The number of nitrogens with zero attached hydrogens (tertiary/aromatic N) is 3. The molecule has 6 nitrogen and oxygen atoms in total. The molecular weight excluding hydrogens is 228 g/mol. The summed E-state index contributed by atoms with van der Waals surface area (Å²) in [5.41, 5.74) is 0. The predicted molar refractivity (Wildman–Crippen MR) is 62.4 cm³/mol. The molecule has 1 aliphatic heterocycles. The number of rotatable bonds is 2. The van der Waals surface area contributed by atoms with Crippen LogP contribution in [0.4, 0.5) is 11.6 Å². The van der Waals surface area contributed by atoms with Gasteiger partial charge in [-0.05, 0) is 0 Å². The fourth-order valence-electron chi connectivity index (χ4n) is 1.57. The van der Waals surface area contributed by atoms with Crippen LogP contribution < -0.4 is 10.2 Å². The Hall–Kier alpha value is -1.37. The third-order valence-electron chi connectivity index (χ3n) is 2.55. The molecule has 1 fully saturated rings. The lowest BCUT2D eigenvalue weighted by Gasteiger charge is -2.27. The molecule has 0 amide bonds. The highest BCUT2D eigenvalue weighted by atomic mass is 32.2. The molecule has 0 aliphatic carbocycles. The molecule has 0 atom stereocenters. The molecule has 2 rings (SSSR count). The molecule has 1 aromatic heterocycles. The zero-order valence-corrected chi connectivity index (χ0v) is 9.87. The lowest BCUT2D eigenvalue weighted by Crippen LogP contribution is -2.40. The molecule has 0 spiro atoms. The minimum absolute atomic E-state index is 0.193. The molecule has 0 radical (unpaired) electrons. The summed E-state index contributed by atoms with van der Waals surface area (Å²) in [6.45, 7) is 0.981. The Balaban J connectivity index is 2.13. The van der Waals surface area contributed by atoms with E-state index < -0.39 is 9.84 Å². The van der Waals surface area contributed by atoms with Gasteiger partial charge in [0.15, 0.2) is 9.84 Å². The minimum Gasteiger partial charge on any atom is -0.372 e. The van der Waals surface area contributed by atoms with Crippen molar-refractivity contribution in [3.05, 3.63) is 12.4 Å². The van der Waals surface area contributed by atoms with Crippen molar-refractivity contribution in [1.82, 2.24) is 9.97 Å². The van der Waals surface area contributed by atoms with Crippen LogP contribution in [0, 0.1) is 0 Å². The van der Waals surface area contributed by atoms with Crippen molar-refractivity contribution in [2.75, 3.05) is 41.9 Å². The van der Waals surface area contributed by atoms with Crippen molar-refractivity contribution in [2.24, 2.45) is 0 Å². The third-order valence-corrected chi connectivity index (χ3v) is 4.16. The number of sulfone groups is 1. The molecule has 0 bridgehead atoms. The number of anilines is 2. The van der Waals surface area contributed by atoms with E-state index in [1.54, 1.807) is 19.4 Å². The highest BCUT2D eigenvalue weighted by Crippen LogP contribution is 2.15. The summed E-state index contributed by atoms with van der Waals surface area (Å²) in [7, 11) is -1.07. The summed E-state index contributed by atoms with van der Waals surface area (Å²) in [4.78, 5) is 10.3. The second-order valence-corrected chi connectivity index (χ2v) is 5.96. The average molecular weight is 242 g/mol. The Morgan fingerprint density at radius 3 is 2.62 bits per heavy atom. The lowest BCUT2D eigenvalue weighted by atomic mass is 10.4. The lowest BCUT2D eigenvalue weighted by molar-refractivity contribution is 0.586. The molecule has 88 valence electrons. The summed E-state index contributed by atoms with van der Waals surface area (Å²) in [6.07, 6.45) is 3.28. The summed E-state index contributed by atoms with van der Waals surface area (Å²) < 4.78 is 22.6. The van der Waals surface area contributed by atoms with Gasteiger partial charge < -0.3 is 10.2 Å². The zero-order chi connectivity index (χ0) is 11.6. The zero-order valence-electron chi connectivity index (χ0n) is 9.05. The smallest absolute Gasteiger partial charge is 0.153 e. The largest absolute Gasteiger partial charge is 0.372 e. The van der Waals surface area contributed by atoms with Gasteiger partial charge in [0.25, 0.3) is 0 Å². The van der Waals surface area contributed by atoms with Gasteiger partial charge in [0.2, 0.25) is 0 Å². The number of hydrogen-bond acceptors (Lipinski definition) is 6. The molecule has 1 aromatic rings. The monoisotopic (exact) mass is 242 g/mol. The van der Waals surface area contributed by atoms with Gasteiger partial charge in [-0.3, -0.25) is 4.98 Å². The molecule has 1 aliphatic rings. The van der Waals surface area contributed by atoms with Crippen LogP contribution in [-0.4, -0.2) is 50.0 Å². The third kappa shape index (κ3) is 2.41. The first kappa shape index (κ1) is 11.1. The van der Waals surface area contributed by atoms with E-state index in [2.05, 4.69) is 15.3 Å². The van der Waals surface area contributed by atoms with E-state index in [4.69, 9.17) is 0 Å².